The highest BCUT2D eigenvalue weighted by Gasteiger charge is 2.46. The van der Waals surface area contributed by atoms with Crippen LogP contribution in [0.25, 0.3) is 0 Å². The molecule has 1 N–H and O–H groups in total. The van der Waals surface area contributed by atoms with Gasteiger partial charge in [0.2, 0.25) is 0 Å². The predicted molar refractivity (Wildman–Crippen MR) is 81.9 cm³/mol. The molecule has 1 fully saturated rings. The quantitative estimate of drug-likeness (QED) is 0.847. The summed E-state index contributed by atoms with van der Waals surface area (Å²) in [5.41, 5.74) is 1.69. The maximum atomic E-state index is 6.47. The highest BCUT2D eigenvalue weighted by Crippen LogP contribution is 2.49. The highest BCUT2D eigenvalue weighted by molar-refractivity contribution is 7.99. The van der Waals surface area contributed by atoms with Crippen molar-refractivity contribution >= 4 is 11.8 Å². The van der Waals surface area contributed by atoms with Crippen LogP contribution < -0.4 is 10.1 Å². The Balaban J connectivity index is 1.94. The van der Waals surface area contributed by atoms with E-state index in [-0.39, 0.29) is 5.60 Å². The summed E-state index contributed by atoms with van der Waals surface area (Å²) in [5.74, 6) is 3.43. The molecule has 19 heavy (non-hydrogen) atoms. The van der Waals surface area contributed by atoms with Gasteiger partial charge in [-0.25, -0.2) is 0 Å². The zero-order valence-corrected chi connectivity index (χ0v) is 12.8. The van der Waals surface area contributed by atoms with Gasteiger partial charge in [0.15, 0.2) is 0 Å². The predicted octanol–water partition coefficient (Wildman–Crippen LogP) is 3.63. The van der Waals surface area contributed by atoms with Crippen LogP contribution in [0.3, 0.4) is 0 Å². The molecule has 0 aromatic heterocycles. The molecule has 0 amide bonds. The molecule has 0 saturated carbocycles. The van der Waals surface area contributed by atoms with Crippen LogP contribution in [0, 0.1) is 5.41 Å². The number of para-hydroxylation sites is 1. The normalized spacial score (nSPS) is 32.7. The van der Waals surface area contributed by atoms with Crippen molar-refractivity contribution in [2.45, 2.75) is 38.3 Å². The van der Waals surface area contributed by atoms with E-state index in [1.807, 2.05) is 11.8 Å². The van der Waals surface area contributed by atoms with E-state index in [2.05, 4.69) is 50.5 Å². The van der Waals surface area contributed by atoms with Gasteiger partial charge in [-0.15, -0.1) is 0 Å². The average molecular weight is 277 g/mol. The maximum Gasteiger partial charge on any atom is 0.124 e. The van der Waals surface area contributed by atoms with Crippen LogP contribution >= 0.6 is 11.8 Å². The van der Waals surface area contributed by atoms with Crippen LogP contribution in [0.2, 0.25) is 0 Å². The standard InChI is InChI=1S/C16H23NOS/c1-15(2)9-16(11-19-10-15)8-13(17-3)12-6-4-5-7-14(12)18-16/h4-7,13,17H,8-11H2,1-3H3. The Morgan fingerprint density at radius 2 is 2.05 bits per heavy atom. The van der Waals surface area contributed by atoms with E-state index in [1.54, 1.807) is 0 Å². The third-order valence-electron chi connectivity index (χ3n) is 4.20. The molecule has 1 aromatic rings. The molecule has 0 bridgehead atoms. The molecular weight excluding hydrogens is 254 g/mol. The zero-order chi connectivity index (χ0) is 13.5. The molecule has 2 unspecified atom stereocenters. The molecule has 3 heteroatoms. The second kappa shape index (κ2) is 4.71. The number of ether oxygens (including phenoxy) is 1. The van der Waals surface area contributed by atoms with Gasteiger partial charge in [-0.05, 0) is 30.7 Å². The number of hydrogen-bond donors (Lipinski definition) is 1. The maximum absolute atomic E-state index is 6.47. The van der Waals surface area contributed by atoms with Crippen LogP contribution in [0.1, 0.15) is 38.3 Å². The summed E-state index contributed by atoms with van der Waals surface area (Å²) in [6, 6.07) is 8.90. The Morgan fingerprint density at radius 1 is 1.26 bits per heavy atom. The Morgan fingerprint density at radius 3 is 2.79 bits per heavy atom. The molecule has 2 nitrogen and oxygen atoms in total. The summed E-state index contributed by atoms with van der Waals surface area (Å²) in [5, 5.41) is 3.47. The minimum atomic E-state index is 0.00838. The first kappa shape index (κ1) is 13.3. The monoisotopic (exact) mass is 277 g/mol. The minimum absolute atomic E-state index is 0.00838. The van der Waals surface area contributed by atoms with Crippen LogP contribution in [0.4, 0.5) is 0 Å². The third-order valence-corrected chi connectivity index (χ3v) is 5.92. The molecule has 0 radical (unpaired) electrons. The fourth-order valence-corrected chi connectivity index (χ4v) is 4.97. The molecule has 0 aliphatic carbocycles. The first-order valence-electron chi connectivity index (χ1n) is 7.07. The fourth-order valence-electron chi connectivity index (χ4n) is 3.56. The van der Waals surface area contributed by atoms with Crippen molar-refractivity contribution in [2.75, 3.05) is 18.6 Å². The Labute approximate surface area is 120 Å². The number of fused-ring (bicyclic) bond motifs is 1. The molecule has 1 aromatic carbocycles. The van der Waals surface area contributed by atoms with Gasteiger partial charge in [0.05, 0.1) is 0 Å². The lowest BCUT2D eigenvalue weighted by Gasteiger charge is -2.48. The Kier molecular flexibility index (Phi) is 3.30. The van der Waals surface area contributed by atoms with Gasteiger partial charge in [-0.3, -0.25) is 0 Å². The van der Waals surface area contributed by atoms with Crippen molar-refractivity contribution in [1.29, 1.82) is 0 Å². The molecular formula is C16H23NOS. The second-order valence-corrected chi connectivity index (χ2v) is 7.69. The van der Waals surface area contributed by atoms with Crippen molar-refractivity contribution in [2.24, 2.45) is 5.41 Å². The summed E-state index contributed by atoms with van der Waals surface area (Å²) in [6.45, 7) is 4.72. The average Bonchev–Trinajstić information content (AvgIpc) is 2.36. The van der Waals surface area contributed by atoms with Gasteiger partial charge in [-0.1, -0.05) is 32.0 Å². The lowest BCUT2D eigenvalue weighted by atomic mass is 9.76. The smallest absolute Gasteiger partial charge is 0.124 e. The van der Waals surface area contributed by atoms with Crippen molar-refractivity contribution in [1.82, 2.24) is 5.32 Å². The SMILES string of the molecule is CNC1CC2(CSCC(C)(C)C2)Oc2ccccc21. The van der Waals surface area contributed by atoms with E-state index in [9.17, 15) is 0 Å². The van der Waals surface area contributed by atoms with Gasteiger partial charge in [0.1, 0.15) is 11.4 Å². The van der Waals surface area contributed by atoms with Crippen molar-refractivity contribution in [3.8, 4) is 5.75 Å². The summed E-state index contributed by atoms with van der Waals surface area (Å²) in [7, 11) is 2.06. The number of rotatable bonds is 1. The van der Waals surface area contributed by atoms with E-state index in [0.717, 1.165) is 24.3 Å². The van der Waals surface area contributed by atoms with E-state index in [1.165, 1.54) is 11.3 Å². The molecule has 2 atom stereocenters. The Hall–Kier alpha value is -0.670. The van der Waals surface area contributed by atoms with E-state index >= 15 is 0 Å². The number of nitrogens with one attached hydrogen (secondary N) is 1. The minimum Gasteiger partial charge on any atom is -0.486 e. The summed E-state index contributed by atoms with van der Waals surface area (Å²) in [4.78, 5) is 0. The fraction of sp³-hybridized carbons (Fsp3) is 0.625. The lowest BCUT2D eigenvalue weighted by molar-refractivity contribution is 0.0129. The Bertz CT molecular complexity index is 474. The molecule has 2 heterocycles. The molecule has 1 spiro atoms. The molecule has 2 aliphatic heterocycles. The summed E-state index contributed by atoms with van der Waals surface area (Å²) in [6.07, 6.45) is 2.23. The number of thioether (sulfide) groups is 1. The first-order chi connectivity index (χ1) is 9.04. The zero-order valence-electron chi connectivity index (χ0n) is 12.0. The van der Waals surface area contributed by atoms with Gasteiger partial charge in [0.25, 0.3) is 0 Å². The van der Waals surface area contributed by atoms with Crippen molar-refractivity contribution in [3.05, 3.63) is 29.8 Å². The van der Waals surface area contributed by atoms with E-state index < -0.39 is 0 Å². The third kappa shape index (κ3) is 2.50. The lowest BCUT2D eigenvalue weighted by Crippen LogP contribution is -2.51. The molecule has 3 rings (SSSR count). The van der Waals surface area contributed by atoms with E-state index in [0.29, 0.717) is 11.5 Å². The first-order valence-corrected chi connectivity index (χ1v) is 8.22. The molecule has 104 valence electrons. The van der Waals surface area contributed by atoms with Crippen LogP contribution in [0.5, 0.6) is 5.75 Å². The van der Waals surface area contributed by atoms with Crippen LogP contribution in [-0.4, -0.2) is 24.2 Å². The van der Waals surface area contributed by atoms with Crippen LogP contribution in [0.15, 0.2) is 24.3 Å². The van der Waals surface area contributed by atoms with Crippen LogP contribution in [-0.2, 0) is 0 Å². The summed E-state index contributed by atoms with van der Waals surface area (Å²) < 4.78 is 6.47. The van der Waals surface area contributed by atoms with Crippen molar-refractivity contribution in [3.63, 3.8) is 0 Å². The van der Waals surface area contributed by atoms with Gasteiger partial charge < -0.3 is 10.1 Å². The number of benzene rings is 1. The summed E-state index contributed by atoms with van der Waals surface area (Å²) >= 11 is 2.04. The van der Waals surface area contributed by atoms with Gasteiger partial charge >= 0.3 is 0 Å². The number of hydrogen-bond acceptors (Lipinski definition) is 3. The topological polar surface area (TPSA) is 21.3 Å². The molecule has 1 saturated heterocycles. The second-order valence-electron chi connectivity index (χ2n) is 6.70. The highest BCUT2D eigenvalue weighted by atomic mass is 32.2. The van der Waals surface area contributed by atoms with Gasteiger partial charge in [-0.2, -0.15) is 11.8 Å². The van der Waals surface area contributed by atoms with Crippen molar-refractivity contribution < 1.29 is 4.74 Å². The largest absolute Gasteiger partial charge is 0.486 e. The molecule has 2 aliphatic rings. The van der Waals surface area contributed by atoms with Gasteiger partial charge in [0, 0.05) is 23.8 Å². The van der Waals surface area contributed by atoms with E-state index in [4.69, 9.17) is 4.74 Å².